The fourth-order valence-electron chi connectivity index (χ4n) is 0.468. The number of carboxylic acid groups (broad SMARTS) is 1. The summed E-state index contributed by atoms with van der Waals surface area (Å²) in [5.74, 6) is -1.28. The van der Waals surface area contributed by atoms with Crippen molar-refractivity contribution in [3.8, 4) is 6.07 Å². The highest BCUT2D eigenvalue weighted by molar-refractivity contribution is 7.90. The maximum atomic E-state index is 11.1. The van der Waals surface area contributed by atoms with Crippen molar-refractivity contribution in [1.82, 2.24) is 4.72 Å². The number of nitriles is 1. The lowest BCUT2D eigenvalue weighted by Gasteiger charge is -2.10. The van der Waals surface area contributed by atoms with Crippen LogP contribution in [0, 0.1) is 11.3 Å². The molecule has 2 N–H and O–H groups in total. The Balaban J connectivity index is 4.55. The molecule has 0 aromatic heterocycles. The maximum Gasteiger partial charge on any atom is 0.321 e. The highest BCUT2D eigenvalue weighted by atomic mass is 32.2. The average Bonchev–Trinajstić information content (AvgIpc) is 2.01. The van der Waals surface area contributed by atoms with E-state index in [9.17, 15) is 13.2 Å². The van der Waals surface area contributed by atoms with Crippen LogP contribution in [0.2, 0.25) is 0 Å². The zero-order chi connectivity index (χ0) is 10.6. The Morgan fingerprint density at radius 2 is 2.00 bits per heavy atom. The predicted octanol–water partition coefficient (Wildman–Crippen LogP) is -0.709. The van der Waals surface area contributed by atoms with Crippen LogP contribution in [0.1, 0.15) is 13.8 Å². The van der Waals surface area contributed by atoms with Crippen LogP contribution in [-0.4, -0.2) is 30.8 Å². The molecule has 74 valence electrons. The van der Waals surface area contributed by atoms with Gasteiger partial charge in [0.15, 0.2) is 5.25 Å². The molecule has 2 atom stereocenters. The van der Waals surface area contributed by atoms with Crippen molar-refractivity contribution in [2.45, 2.75) is 25.1 Å². The Hall–Kier alpha value is -1.13. The van der Waals surface area contributed by atoms with Crippen LogP contribution < -0.4 is 4.72 Å². The first kappa shape index (κ1) is 11.9. The van der Waals surface area contributed by atoms with Gasteiger partial charge in [0.1, 0.15) is 6.04 Å². The topological polar surface area (TPSA) is 107 Å². The molecule has 0 heterocycles. The number of sulfonamides is 1. The lowest BCUT2D eigenvalue weighted by atomic mass is 10.4. The third-order valence-corrected chi connectivity index (χ3v) is 3.08. The molecular weight excluding hydrogens is 196 g/mol. The Labute approximate surface area is 76.2 Å². The summed E-state index contributed by atoms with van der Waals surface area (Å²) in [4.78, 5) is 10.3. The average molecular weight is 206 g/mol. The summed E-state index contributed by atoms with van der Waals surface area (Å²) >= 11 is 0. The van der Waals surface area contributed by atoms with E-state index in [0.29, 0.717) is 0 Å². The molecule has 0 aromatic rings. The van der Waals surface area contributed by atoms with Gasteiger partial charge in [0.25, 0.3) is 0 Å². The second kappa shape index (κ2) is 4.20. The first-order valence-electron chi connectivity index (χ1n) is 3.45. The summed E-state index contributed by atoms with van der Waals surface area (Å²) in [5, 5.41) is 15.4. The summed E-state index contributed by atoms with van der Waals surface area (Å²) in [5.41, 5.74) is 0. The molecular formula is C6H10N2O4S. The van der Waals surface area contributed by atoms with Gasteiger partial charge in [0.05, 0.1) is 6.07 Å². The highest BCUT2D eigenvalue weighted by Crippen LogP contribution is 1.97. The normalized spacial score (nSPS) is 15.8. The van der Waals surface area contributed by atoms with Crippen molar-refractivity contribution in [3.05, 3.63) is 0 Å². The number of nitrogens with one attached hydrogen (secondary N) is 1. The zero-order valence-corrected chi connectivity index (χ0v) is 8.00. The molecule has 6 nitrogen and oxygen atoms in total. The third-order valence-electron chi connectivity index (χ3n) is 1.36. The van der Waals surface area contributed by atoms with E-state index in [0.717, 1.165) is 0 Å². The van der Waals surface area contributed by atoms with E-state index >= 15 is 0 Å². The van der Waals surface area contributed by atoms with Crippen molar-refractivity contribution in [1.29, 1.82) is 5.26 Å². The molecule has 7 heteroatoms. The molecule has 0 rings (SSSR count). The van der Waals surface area contributed by atoms with Gasteiger partial charge in [-0.05, 0) is 13.8 Å². The fourth-order valence-corrected chi connectivity index (χ4v) is 1.40. The van der Waals surface area contributed by atoms with Crippen molar-refractivity contribution in [2.24, 2.45) is 0 Å². The molecule has 0 saturated heterocycles. The maximum absolute atomic E-state index is 11.1. The summed E-state index contributed by atoms with van der Waals surface area (Å²) < 4.78 is 24.0. The van der Waals surface area contributed by atoms with Gasteiger partial charge >= 0.3 is 5.97 Å². The standard InChI is InChI=1S/C6H10N2O4S/c1-4(3-7)13(11,12)8-5(2)6(9)10/h4-5,8H,1-2H3,(H,9,10)/t4?,5-/m1/s1. The highest BCUT2D eigenvalue weighted by Gasteiger charge is 2.24. The number of hydrogen-bond donors (Lipinski definition) is 2. The SMILES string of the molecule is CC(C#N)S(=O)(=O)N[C@H](C)C(=O)O. The van der Waals surface area contributed by atoms with Crippen LogP contribution in [0.4, 0.5) is 0 Å². The molecule has 0 aromatic carbocycles. The molecule has 0 bridgehead atoms. The third kappa shape index (κ3) is 3.40. The minimum atomic E-state index is -3.85. The summed E-state index contributed by atoms with van der Waals surface area (Å²) in [6.07, 6.45) is 0. The van der Waals surface area contributed by atoms with E-state index in [-0.39, 0.29) is 0 Å². The van der Waals surface area contributed by atoms with Gasteiger partial charge in [0.2, 0.25) is 10.0 Å². The summed E-state index contributed by atoms with van der Waals surface area (Å²) in [6.45, 7) is 2.36. The smallest absolute Gasteiger partial charge is 0.321 e. The number of carboxylic acids is 1. The Bertz CT molecular complexity index is 329. The number of rotatable bonds is 4. The first-order valence-corrected chi connectivity index (χ1v) is 4.99. The molecule has 0 radical (unpaired) electrons. The van der Waals surface area contributed by atoms with E-state index in [4.69, 9.17) is 10.4 Å². The molecule has 0 saturated carbocycles. The van der Waals surface area contributed by atoms with E-state index in [1.54, 1.807) is 0 Å². The molecule has 0 aliphatic rings. The summed E-state index contributed by atoms with van der Waals surface area (Å²) in [7, 11) is -3.85. The van der Waals surface area contributed by atoms with Crippen LogP contribution in [0.3, 0.4) is 0 Å². The lowest BCUT2D eigenvalue weighted by Crippen LogP contribution is -2.42. The number of aliphatic carboxylic acids is 1. The Morgan fingerprint density at radius 3 is 2.31 bits per heavy atom. The van der Waals surface area contributed by atoms with Crippen LogP contribution in [0.5, 0.6) is 0 Å². The molecule has 0 aliphatic heterocycles. The predicted molar refractivity (Wildman–Crippen MR) is 44.2 cm³/mol. The van der Waals surface area contributed by atoms with Gasteiger partial charge in [-0.3, -0.25) is 4.79 Å². The number of carbonyl (C=O) groups is 1. The van der Waals surface area contributed by atoms with E-state index in [1.165, 1.54) is 19.9 Å². The number of hydrogen-bond acceptors (Lipinski definition) is 4. The van der Waals surface area contributed by atoms with Crippen molar-refractivity contribution in [3.63, 3.8) is 0 Å². The van der Waals surface area contributed by atoms with E-state index in [2.05, 4.69) is 0 Å². The first-order chi connectivity index (χ1) is 5.81. The number of nitrogens with zero attached hydrogens (tertiary/aromatic N) is 1. The van der Waals surface area contributed by atoms with Crippen molar-refractivity contribution < 1.29 is 18.3 Å². The zero-order valence-electron chi connectivity index (χ0n) is 7.18. The van der Waals surface area contributed by atoms with Crippen LogP contribution in [-0.2, 0) is 14.8 Å². The van der Waals surface area contributed by atoms with Gasteiger partial charge in [-0.1, -0.05) is 0 Å². The van der Waals surface area contributed by atoms with Gasteiger partial charge in [-0.15, -0.1) is 0 Å². The van der Waals surface area contributed by atoms with Crippen LogP contribution in [0.15, 0.2) is 0 Å². The fraction of sp³-hybridized carbons (Fsp3) is 0.667. The van der Waals surface area contributed by atoms with Gasteiger partial charge in [-0.2, -0.15) is 5.26 Å². The molecule has 0 fully saturated rings. The largest absolute Gasteiger partial charge is 0.480 e. The minimum absolute atomic E-state index is 1.18. The van der Waals surface area contributed by atoms with Gasteiger partial charge in [0, 0.05) is 0 Å². The monoisotopic (exact) mass is 206 g/mol. The van der Waals surface area contributed by atoms with Gasteiger partial charge < -0.3 is 5.11 Å². The van der Waals surface area contributed by atoms with Crippen molar-refractivity contribution >= 4 is 16.0 Å². The lowest BCUT2D eigenvalue weighted by molar-refractivity contribution is -0.138. The molecule has 0 amide bonds. The van der Waals surface area contributed by atoms with Crippen LogP contribution in [0.25, 0.3) is 0 Å². The van der Waals surface area contributed by atoms with E-state index in [1.807, 2.05) is 4.72 Å². The quantitative estimate of drug-likeness (QED) is 0.631. The molecule has 0 aliphatic carbocycles. The molecule has 13 heavy (non-hydrogen) atoms. The summed E-state index contributed by atoms with van der Waals surface area (Å²) in [6, 6.07) is 0.285. The van der Waals surface area contributed by atoms with Gasteiger partial charge in [-0.25, -0.2) is 13.1 Å². The van der Waals surface area contributed by atoms with E-state index < -0.39 is 27.3 Å². The molecule has 1 unspecified atom stereocenters. The molecule has 0 spiro atoms. The second-order valence-electron chi connectivity index (χ2n) is 2.49. The minimum Gasteiger partial charge on any atom is -0.480 e. The second-order valence-corrected chi connectivity index (χ2v) is 4.53. The van der Waals surface area contributed by atoms with Crippen molar-refractivity contribution in [2.75, 3.05) is 0 Å². The Kier molecular flexibility index (Phi) is 3.84. The van der Waals surface area contributed by atoms with Crippen LogP contribution >= 0.6 is 0 Å². The Morgan fingerprint density at radius 1 is 1.54 bits per heavy atom.